The van der Waals surface area contributed by atoms with E-state index >= 15 is 0 Å². The lowest BCUT2D eigenvalue weighted by atomic mass is 10.3. The molecule has 0 saturated carbocycles. The smallest absolute Gasteiger partial charge is 0.317 e. The first-order chi connectivity index (χ1) is 12.5. The Morgan fingerprint density at radius 3 is 2.73 bits per heavy atom. The SMILES string of the molecule is CN(C)C(=O)c1ccc(CNC(=O)N2CC[C@@H](Oc3ccccc3)C2)o1. The number of nitrogens with zero attached hydrogens (tertiary/aromatic N) is 2. The molecule has 3 rings (SSSR count). The van der Waals surface area contributed by atoms with E-state index in [1.807, 2.05) is 30.3 Å². The van der Waals surface area contributed by atoms with Crippen molar-refractivity contribution in [3.63, 3.8) is 0 Å². The van der Waals surface area contributed by atoms with E-state index in [0.717, 1.165) is 12.2 Å². The minimum absolute atomic E-state index is 0.00363. The van der Waals surface area contributed by atoms with Crippen molar-refractivity contribution in [1.29, 1.82) is 0 Å². The van der Waals surface area contributed by atoms with E-state index in [1.54, 1.807) is 31.1 Å². The molecule has 7 heteroatoms. The zero-order valence-corrected chi connectivity index (χ0v) is 15.0. The van der Waals surface area contributed by atoms with Gasteiger partial charge in [0.2, 0.25) is 0 Å². The molecule has 0 unspecified atom stereocenters. The van der Waals surface area contributed by atoms with E-state index in [9.17, 15) is 9.59 Å². The summed E-state index contributed by atoms with van der Waals surface area (Å²) in [5.74, 6) is 1.41. The highest BCUT2D eigenvalue weighted by Crippen LogP contribution is 2.18. The van der Waals surface area contributed by atoms with Gasteiger partial charge in [-0.1, -0.05) is 18.2 Å². The van der Waals surface area contributed by atoms with Gasteiger partial charge in [0.05, 0.1) is 13.1 Å². The number of urea groups is 1. The van der Waals surface area contributed by atoms with Crippen molar-refractivity contribution in [3.05, 3.63) is 54.0 Å². The molecule has 1 saturated heterocycles. The molecule has 138 valence electrons. The van der Waals surface area contributed by atoms with Crippen LogP contribution in [-0.4, -0.2) is 55.0 Å². The van der Waals surface area contributed by atoms with Gasteiger partial charge in [-0.25, -0.2) is 4.79 Å². The third-order valence-electron chi connectivity index (χ3n) is 4.17. The highest BCUT2D eigenvalue weighted by molar-refractivity contribution is 5.91. The van der Waals surface area contributed by atoms with Gasteiger partial charge in [0.1, 0.15) is 17.6 Å². The van der Waals surface area contributed by atoms with Crippen molar-refractivity contribution in [2.75, 3.05) is 27.2 Å². The molecule has 0 bridgehead atoms. The summed E-state index contributed by atoms with van der Waals surface area (Å²) < 4.78 is 11.4. The number of benzene rings is 1. The molecule has 26 heavy (non-hydrogen) atoms. The normalized spacial score (nSPS) is 16.4. The second kappa shape index (κ2) is 7.95. The summed E-state index contributed by atoms with van der Waals surface area (Å²) >= 11 is 0. The summed E-state index contributed by atoms with van der Waals surface area (Å²) in [5, 5.41) is 2.82. The Hall–Kier alpha value is -2.96. The minimum Gasteiger partial charge on any atom is -0.489 e. The maximum Gasteiger partial charge on any atom is 0.317 e. The Balaban J connectivity index is 1.46. The predicted molar refractivity (Wildman–Crippen MR) is 96.0 cm³/mol. The highest BCUT2D eigenvalue weighted by Gasteiger charge is 2.27. The molecule has 3 amide bonds. The average Bonchev–Trinajstić information content (AvgIpc) is 3.29. The average molecular weight is 357 g/mol. The fourth-order valence-electron chi connectivity index (χ4n) is 2.78. The molecule has 1 aliphatic rings. The molecular formula is C19H23N3O4. The number of nitrogens with one attached hydrogen (secondary N) is 1. The molecule has 1 aromatic heterocycles. The third-order valence-corrected chi connectivity index (χ3v) is 4.17. The molecule has 1 N–H and O–H groups in total. The van der Waals surface area contributed by atoms with E-state index in [4.69, 9.17) is 9.15 Å². The van der Waals surface area contributed by atoms with Crippen molar-refractivity contribution in [2.45, 2.75) is 19.1 Å². The number of para-hydroxylation sites is 1. The quantitative estimate of drug-likeness (QED) is 0.891. The fourth-order valence-corrected chi connectivity index (χ4v) is 2.78. The predicted octanol–water partition coefficient (Wildman–Crippen LogP) is 2.34. The van der Waals surface area contributed by atoms with Gasteiger partial charge in [0.15, 0.2) is 5.76 Å². The molecule has 1 aromatic carbocycles. The first-order valence-electron chi connectivity index (χ1n) is 8.58. The Morgan fingerprint density at radius 1 is 1.23 bits per heavy atom. The van der Waals surface area contributed by atoms with Crippen molar-refractivity contribution in [1.82, 2.24) is 15.1 Å². The van der Waals surface area contributed by atoms with Crippen LogP contribution in [-0.2, 0) is 6.54 Å². The number of amides is 3. The number of rotatable bonds is 5. The second-order valence-corrected chi connectivity index (χ2v) is 6.41. The molecular weight excluding hydrogens is 334 g/mol. The van der Waals surface area contributed by atoms with Crippen LogP contribution in [0.2, 0.25) is 0 Å². The van der Waals surface area contributed by atoms with Crippen LogP contribution in [0.1, 0.15) is 22.7 Å². The molecule has 2 aromatic rings. The van der Waals surface area contributed by atoms with Crippen molar-refractivity contribution in [2.24, 2.45) is 0 Å². The number of hydrogen-bond donors (Lipinski definition) is 1. The van der Waals surface area contributed by atoms with Crippen molar-refractivity contribution >= 4 is 11.9 Å². The van der Waals surface area contributed by atoms with Crippen molar-refractivity contribution in [3.8, 4) is 5.75 Å². The molecule has 0 aliphatic carbocycles. The van der Waals surface area contributed by atoms with Crippen LogP contribution in [0.25, 0.3) is 0 Å². The topological polar surface area (TPSA) is 75.0 Å². The van der Waals surface area contributed by atoms with Crippen LogP contribution in [0.3, 0.4) is 0 Å². The van der Waals surface area contributed by atoms with E-state index in [-0.39, 0.29) is 30.3 Å². The molecule has 2 heterocycles. The van der Waals surface area contributed by atoms with Crippen LogP contribution in [0.4, 0.5) is 4.79 Å². The van der Waals surface area contributed by atoms with Crippen LogP contribution in [0, 0.1) is 0 Å². The number of carbonyl (C=O) groups excluding carboxylic acids is 2. The van der Waals surface area contributed by atoms with Crippen LogP contribution in [0.5, 0.6) is 5.75 Å². The number of furan rings is 1. The lowest BCUT2D eigenvalue weighted by Gasteiger charge is -2.17. The first-order valence-corrected chi connectivity index (χ1v) is 8.58. The number of ether oxygens (including phenoxy) is 1. The summed E-state index contributed by atoms with van der Waals surface area (Å²) in [6.07, 6.45) is 0.793. The zero-order chi connectivity index (χ0) is 18.5. The lowest BCUT2D eigenvalue weighted by molar-refractivity contribution is 0.0794. The van der Waals surface area contributed by atoms with E-state index < -0.39 is 0 Å². The Morgan fingerprint density at radius 2 is 2.00 bits per heavy atom. The molecule has 7 nitrogen and oxygen atoms in total. The van der Waals surface area contributed by atoms with E-state index in [2.05, 4.69) is 5.32 Å². The van der Waals surface area contributed by atoms with Gasteiger partial charge in [0.25, 0.3) is 5.91 Å². The maximum atomic E-state index is 12.3. The number of carbonyl (C=O) groups is 2. The molecule has 0 spiro atoms. The summed E-state index contributed by atoms with van der Waals surface area (Å²) in [6.45, 7) is 1.43. The van der Waals surface area contributed by atoms with E-state index in [0.29, 0.717) is 18.8 Å². The Bertz CT molecular complexity index is 757. The largest absolute Gasteiger partial charge is 0.489 e. The van der Waals surface area contributed by atoms with Crippen molar-refractivity contribution < 1.29 is 18.7 Å². The van der Waals surface area contributed by atoms with Crippen LogP contribution in [0.15, 0.2) is 46.9 Å². The standard InChI is InChI=1S/C19H23N3O4/c1-21(2)18(23)17-9-8-15(26-17)12-20-19(24)22-11-10-16(13-22)25-14-6-4-3-5-7-14/h3-9,16H,10-13H2,1-2H3,(H,20,24)/t16-/m1/s1. The van der Waals surface area contributed by atoms with E-state index in [1.165, 1.54) is 4.90 Å². The second-order valence-electron chi connectivity index (χ2n) is 6.41. The first kappa shape index (κ1) is 17.8. The Labute approximate surface area is 152 Å². The fraction of sp³-hybridized carbons (Fsp3) is 0.368. The van der Waals surface area contributed by atoms with Gasteiger partial charge in [-0.2, -0.15) is 0 Å². The van der Waals surface area contributed by atoms with Gasteiger partial charge >= 0.3 is 6.03 Å². The molecule has 1 atom stereocenters. The van der Waals surface area contributed by atoms with Gasteiger partial charge < -0.3 is 24.3 Å². The summed E-state index contributed by atoms with van der Waals surface area (Å²) in [4.78, 5) is 27.3. The monoisotopic (exact) mass is 357 g/mol. The van der Waals surface area contributed by atoms with Gasteiger partial charge in [-0.3, -0.25) is 4.79 Å². The maximum absolute atomic E-state index is 12.3. The third kappa shape index (κ3) is 4.36. The zero-order valence-electron chi connectivity index (χ0n) is 15.0. The number of hydrogen-bond acceptors (Lipinski definition) is 4. The molecule has 1 aliphatic heterocycles. The van der Waals surface area contributed by atoms with Gasteiger partial charge in [-0.05, 0) is 24.3 Å². The lowest BCUT2D eigenvalue weighted by Crippen LogP contribution is -2.39. The van der Waals surface area contributed by atoms with Gasteiger partial charge in [-0.15, -0.1) is 0 Å². The molecule has 0 radical (unpaired) electrons. The number of likely N-dealkylation sites (tertiary alicyclic amines) is 1. The Kier molecular flexibility index (Phi) is 5.46. The van der Waals surface area contributed by atoms with Crippen LogP contribution < -0.4 is 10.1 Å². The van der Waals surface area contributed by atoms with Gasteiger partial charge in [0, 0.05) is 27.1 Å². The molecule has 1 fully saturated rings. The summed E-state index contributed by atoms with van der Waals surface area (Å²) in [6, 6.07) is 12.7. The minimum atomic E-state index is -0.206. The summed E-state index contributed by atoms with van der Waals surface area (Å²) in [5.41, 5.74) is 0. The highest BCUT2D eigenvalue weighted by atomic mass is 16.5. The van der Waals surface area contributed by atoms with Crippen LogP contribution >= 0.6 is 0 Å². The summed E-state index contributed by atoms with van der Waals surface area (Å²) in [7, 11) is 3.32.